The van der Waals surface area contributed by atoms with E-state index in [1.807, 2.05) is 16.3 Å². The van der Waals surface area contributed by atoms with Crippen LogP contribution in [0.15, 0.2) is 23.7 Å². The molecule has 9 nitrogen and oxygen atoms in total. The topological polar surface area (TPSA) is 102 Å². The molecule has 222 valence electrons. The molecule has 2 unspecified atom stereocenters. The van der Waals surface area contributed by atoms with E-state index in [4.69, 9.17) is 28.2 Å². The van der Waals surface area contributed by atoms with Gasteiger partial charge in [0.2, 0.25) is 0 Å². The third kappa shape index (κ3) is 5.38. The molecule has 0 bridgehead atoms. The molecule has 3 aromatic heterocycles. The lowest BCUT2D eigenvalue weighted by atomic mass is 9.90. The second-order valence-corrected chi connectivity index (χ2v) is 14.5. The number of halogens is 2. The molecule has 13 heteroatoms. The SMILES string of the molecule is O=C(Nc1nc(-c2cc(Cl)cs2)c(N2CC3CCN(C4CCC4)C3C2)s1)c1cnc(N2CCC(C(=O)O)CC2)c(Cl)c1. The highest BCUT2D eigenvalue weighted by Gasteiger charge is 2.45. The first-order valence-corrected chi connectivity index (χ1v) is 17.0. The molecule has 2 N–H and O–H groups in total. The van der Waals surface area contributed by atoms with Crippen LogP contribution >= 0.6 is 45.9 Å². The number of aromatic nitrogens is 2. The number of fused-ring (bicyclic) bond motifs is 1. The fourth-order valence-corrected chi connectivity index (χ4v) is 9.21. The molecule has 3 saturated heterocycles. The Kier molecular flexibility index (Phi) is 7.81. The van der Waals surface area contributed by atoms with Crippen LogP contribution in [0.5, 0.6) is 0 Å². The van der Waals surface area contributed by atoms with Crippen molar-refractivity contribution >= 4 is 73.7 Å². The van der Waals surface area contributed by atoms with E-state index in [-0.39, 0.29) is 11.8 Å². The Morgan fingerprint density at radius 1 is 1.02 bits per heavy atom. The number of hydrogen-bond donors (Lipinski definition) is 2. The van der Waals surface area contributed by atoms with Gasteiger partial charge in [-0.25, -0.2) is 9.97 Å². The van der Waals surface area contributed by atoms with E-state index in [1.54, 1.807) is 17.4 Å². The van der Waals surface area contributed by atoms with Crippen LogP contribution < -0.4 is 15.1 Å². The molecule has 3 aliphatic heterocycles. The van der Waals surface area contributed by atoms with Crippen LogP contribution in [0, 0.1) is 11.8 Å². The number of thiazole rings is 1. The van der Waals surface area contributed by atoms with Crippen LogP contribution in [0.1, 0.15) is 48.9 Å². The van der Waals surface area contributed by atoms with Crippen LogP contribution in [0.2, 0.25) is 10.0 Å². The highest BCUT2D eigenvalue weighted by Crippen LogP contribution is 2.46. The minimum Gasteiger partial charge on any atom is -0.481 e. The number of nitrogens with one attached hydrogen (secondary N) is 1. The largest absolute Gasteiger partial charge is 0.481 e. The zero-order valence-corrected chi connectivity index (χ0v) is 26.1. The van der Waals surface area contributed by atoms with Crippen molar-refractivity contribution in [3.8, 4) is 10.6 Å². The van der Waals surface area contributed by atoms with E-state index < -0.39 is 5.97 Å². The molecule has 1 aliphatic carbocycles. The molecule has 7 rings (SSSR count). The first-order chi connectivity index (χ1) is 20.3. The number of rotatable bonds is 7. The van der Waals surface area contributed by atoms with Gasteiger partial charge >= 0.3 is 5.97 Å². The second-order valence-electron chi connectivity index (χ2n) is 11.7. The van der Waals surface area contributed by atoms with Crippen molar-refractivity contribution in [1.29, 1.82) is 0 Å². The van der Waals surface area contributed by atoms with Crippen molar-refractivity contribution in [1.82, 2.24) is 14.9 Å². The Morgan fingerprint density at radius 3 is 2.50 bits per heavy atom. The molecular weight excluding hydrogens is 615 g/mol. The molecule has 0 aromatic carbocycles. The average molecular weight is 648 g/mol. The number of carboxylic acid groups (broad SMARTS) is 1. The molecule has 3 aromatic rings. The van der Waals surface area contributed by atoms with Gasteiger partial charge in [0.05, 0.1) is 26.4 Å². The summed E-state index contributed by atoms with van der Waals surface area (Å²) in [5.41, 5.74) is 1.20. The molecule has 4 fully saturated rings. The lowest BCUT2D eigenvalue weighted by Crippen LogP contribution is -2.45. The Labute approximate surface area is 262 Å². The Bertz CT molecular complexity index is 1500. The number of carbonyl (C=O) groups excluding carboxylic acids is 1. The number of amides is 1. The minimum absolute atomic E-state index is 0.328. The molecule has 1 saturated carbocycles. The number of piperidine rings is 1. The molecule has 0 radical (unpaired) electrons. The van der Waals surface area contributed by atoms with Gasteiger partial charge in [-0.05, 0) is 56.7 Å². The molecule has 1 amide bonds. The summed E-state index contributed by atoms with van der Waals surface area (Å²) in [7, 11) is 0. The van der Waals surface area contributed by atoms with Crippen LogP contribution in [0.25, 0.3) is 10.6 Å². The smallest absolute Gasteiger partial charge is 0.306 e. The van der Waals surface area contributed by atoms with E-state index in [2.05, 4.69) is 20.1 Å². The summed E-state index contributed by atoms with van der Waals surface area (Å²) < 4.78 is 0. The van der Waals surface area contributed by atoms with Crippen molar-refractivity contribution in [3.05, 3.63) is 39.3 Å². The predicted octanol–water partition coefficient (Wildman–Crippen LogP) is 6.19. The van der Waals surface area contributed by atoms with Crippen molar-refractivity contribution < 1.29 is 14.7 Å². The molecular formula is C29H32Cl2N6O3S2. The zero-order chi connectivity index (χ0) is 29.0. The molecule has 42 heavy (non-hydrogen) atoms. The fraction of sp³-hybridized carbons (Fsp3) is 0.517. The van der Waals surface area contributed by atoms with Crippen LogP contribution in [-0.2, 0) is 4.79 Å². The van der Waals surface area contributed by atoms with Gasteiger partial charge in [-0.2, -0.15) is 0 Å². The molecule has 6 heterocycles. The molecule has 0 spiro atoms. The van der Waals surface area contributed by atoms with Crippen molar-refractivity contribution in [2.45, 2.75) is 50.6 Å². The maximum Gasteiger partial charge on any atom is 0.306 e. The van der Waals surface area contributed by atoms with Crippen molar-refractivity contribution in [3.63, 3.8) is 0 Å². The highest BCUT2D eigenvalue weighted by atomic mass is 35.5. The highest BCUT2D eigenvalue weighted by molar-refractivity contribution is 7.21. The van der Waals surface area contributed by atoms with Gasteiger partial charge < -0.3 is 14.9 Å². The summed E-state index contributed by atoms with van der Waals surface area (Å²) in [6.45, 7) is 4.31. The number of pyridine rings is 1. The third-order valence-corrected chi connectivity index (χ3v) is 11.9. The van der Waals surface area contributed by atoms with Gasteiger partial charge in [0, 0.05) is 49.8 Å². The number of likely N-dealkylation sites (tertiary alicyclic amines) is 1. The van der Waals surface area contributed by atoms with Crippen LogP contribution in [0.4, 0.5) is 16.0 Å². The number of nitrogens with zero attached hydrogens (tertiary/aromatic N) is 5. The van der Waals surface area contributed by atoms with Gasteiger partial charge in [-0.15, -0.1) is 11.3 Å². The Hall–Kier alpha value is -2.44. The molecule has 4 aliphatic rings. The second kappa shape index (κ2) is 11.6. The van der Waals surface area contributed by atoms with Gasteiger partial charge in [0.15, 0.2) is 5.13 Å². The summed E-state index contributed by atoms with van der Waals surface area (Å²) in [6, 6.07) is 4.88. The van der Waals surface area contributed by atoms with E-state index in [1.165, 1.54) is 49.8 Å². The average Bonchev–Trinajstić information content (AvgIpc) is 3.73. The fourth-order valence-electron chi connectivity index (χ4n) is 6.80. The van der Waals surface area contributed by atoms with E-state index in [9.17, 15) is 14.7 Å². The van der Waals surface area contributed by atoms with Gasteiger partial charge in [-0.1, -0.05) is 41.0 Å². The standard InChI is InChI=1S/C29H32Cl2N6O3S2/c30-19-11-23(41-15-19)24-27(36-13-17-6-9-37(22(17)14-36)20-2-1-3-20)42-29(33-24)34-26(38)18-10-21(31)25(32-12-18)35-7-4-16(5-8-35)28(39)40/h10-12,15-17,20,22H,1-9,13-14H2,(H,39,40)(H,33,34,38). The van der Waals surface area contributed by atoms with Crippen LogP contribution in [-0.4, -0.2) is 76.7 Å². The van der Waals surface area contributed by atoms with E-state index in [0.29, 0.717) is 64.4 Å². The maximum absolute atomic E-state index is 13.3. The summed E-state index contributed by atoms with van der Waals surface area (Å²) in [5.74, 6) is -0.205. The first-order valence-electron chi connectivity index (χ1n) is 14.5. The third-order valence-electron chi connectivity index (χ3n) is 9.28. The number of anilines is 3. The summed E-state index contributed by atoms with van der Waals surface area (Å²) in [6.07, 6.45) is 7.82. The van der Waals surface area contributed by atoms with Crippen molar-refractivity contribution in [2.24, 2.45) is 11.8 Å². The normalized spacial score (nSPS) is 23.3. The number of hydrogen-bond acceptors (Lipinski definition) is 9. The lowest BCUT2D eigenvalue weighted by Gasteiger charge is -2.38. The van der Waals surface area contributed by atoms with Gasteiger partial charge in [0.25, 0.3) is 5.91 Å². The Morgan fingerprint density at radius 2 is 1.83 bits per heavy atom. The zero-order valence-electron chi connectivity index (χ0n) is 23.0. The van der Waals surface area contributed by atoms with E-state index >= 15 is 0 Å². The van der Waals surface area contributed by atoms with E-state index in [0.717, 1.165) is 34.7 Å². The lowest BCUT2D eigenvalue weighted by molar-refractivity contribution is -0.142. The van der Waals surface area contributed by atoms with Crippen LogP contribution in [0.3, 0.4) is 0 Å². The Balaban J connectivity index is 1.09. The quantitative estimate of drug-likeness (QED) is 0.313. The first kappa shape index (κ1) is 28.3. The number of carboxylic acids is 1. The summed E-state index contributed by atoms with van der Waals surface area (Å²) >= 11 is 15.9. The summed E-state index contributed by atoms with van der Waals surface area (Å²) in [5, 5.41) is 16.8. The number of carbonyl (C=O) groups is 2. The monoisotopic (exact) mass is 646 g/mol. The van der Waals surface area contributed by atoms with Gasteiger partial charge in [-0.3, -0.25) is 19.8 Å². The number of thiophene rings is 1. The summed E-state index contributed by atoms with van der Waals surface area (Å²) in [4.78, 5) is 42.1. The number of aliphatic carboxylic acids is 1. The minimum atomic E-state index is -0.764. The van der Waals surface area contributed by atoms with Crippen molar-refractivity contribution in [2.75, 3.05) is 47.8 Å². The molecule has 2 atom stereocenters. The maximum atomic E-state index is 13.3. The predicted molar refractivity (Wildman–Crippen MR) is 169 cm³/mol. The van der Waals surface area contributed by atoms with Gasteiger partial charge in [0.1, 0.15) is 16.5 Å².